The molecule has 2 aromatic rings. The van der Waals surface area contributed by atoms with Gasteiger partial charge in [0.15, 0.2) is 0 Å². The van der Waals surface area contributed by atoms with Crippen molar-refractivity contribution in [1.29, 1.82) is 0 Å². The second kappa shape index (κ2) is 11.0. The molecule has 2 atom stereocenters. The molecule has 0 spiro atoms. The SMILES string of the molecule is COCCC(NC(=O)OCC1c2ccccc2-c2ccccc21)C(=O)N(C)CC(C)C(=O)O. The Hall–Kier alpha value is -3.39. The topological polar surface area (TPSA) is 105 Å². The highest BCUT2D eigenvalue weighted by molar-refractivity contribution is 5.86. The Morgan fingerprint density at radius 2 is 1.64 bits per heavy atom. The van der Waals surface area contributed by atoms with E-state index in [1.54, 1.807) is 0 Å². The fourth-order valence-electron chi connectivity index (χ4n) is 4.12. The molecule has 2 aromatic carbocycles. The van der Waals surface area contributed by atoms with Crippen molar-refractivity contribution in [2.24, 2.45) is 5.92 Å². The van der Waals surface area contributed by atoms with Gasteiger partial charge < -0.3 is 24.8 Å². The third-order valence-corrected chi connectivity index (χ3v) is 5.89. The first-order valence-electron chi connectivity index (χ1n) is 10.9. The Labute approximate surface area is 193 Å². The number of fused-ring (bicyclic) bond motifs is 3. The van der Waals surface area contributed by atoms with E-state index in [-0.39, 0.29) is 32.1 Å². The van der Waals surface area contributed by atoms with Gasteiger partial charge in [-0.3, -0.25) is 9.59 Å². The van der Waals surface area contributed by atoms with Crippen molar-refractivity contribution in [1.82, 2.24) is 10.2 Å². The summed E-state index contributed by atoms with van der Waals surface area (Å²) in [6, 6.07) is 15.2. The maximum atomic E-state index is 12.8. The molecule has 3 rings (SSSR count). The van der Waals surface area contributed by atoms with Crippen LogP contribution < -0.4 is 5.32 Å². The predicted octanol–water partition coefficient (Wildman–Crippen LogP) is 3.11. The first-order valence-corrected chi connectivity index (χ1v) is 10.9. The van der Waals surface area contributed by atoms with Crippen LogP contribution in [0.2, 0.25) is 0 Å². The third-order valence-electron chi connectivity index (χ3n) is 5.89. The molecule has 0 fully saturated rings. The minimum atomic E-state index is -0.993. The van der Waals surface area contributed by atoms with Gasteiger partial charge in [-0.15, -0.1) is 0 Å². The number of ether oxygens (including phenoxy) is 2. The average Bonchev–Trinajstić information content (AvgIpc) is 3.13. The number of likely N-dealkylation sites (N-methyl/N-ethyl adjacent to an activating group) is 1. The number of carboxylic acid groups (broad SMARTS) is 1. The maximum Gasteiger partial charge on any atom is 0.407 e. The summed E-state index contributed by atoms with van der Waals surface area (Å²) in [6.45, 7) is 1.94. The van der Waals surface area contributed by atoms with E-state index in [9.17, 15) is 14.4 Å². The van der Waals surface area contributed by atoms with Crippen LogP contribution in [0.15, 0.2) is 48.5 Å². The van der Waals surface area contributed by atoms with Crippen molar-refractivity contribution < 1.29 is 29.0 Å². The highest BCUT2D eigenvalue weighted by Gasteiger charge is 2.30. The average molecular weight is 455 g/mol. The monoisotopic (exact) mass is 454 g/mol. The molecule has 8 heteroatoms. The summed E-state index contributed by atoms with van der Waals surface area (Å²) in [7, 11) is 3.02. The van der Waals surface area contributed by atoms with Crippen LogP contribution in [-0.4, -0.2) is 67.9 Å². The van der Waals surface area contributed by atoms with Crippen LogP contribution in [0.1, 0.15) is 30.4 Å². The van der Waals surface area contributed by atoms with Crippen LogP contribution in [0.3, 0.4) is 0 Å². The molecule has 0 aliphatic heterocycles. The van der Waals surface area contributed by atoms with E-state index in [0.717, 1.165) is 22.3 Å². The number of amides is 2. The number of carbonyl (C=O) groups excluding carboxylic acids is 2. The van der Waals surface area contributed by atoms with E-state index in [2.05, 4.69) is 17.4 Å². The Balaban J connectivity index is 1.65. The first kappa shape index (κ1) is 24.3. The zero-order chi connectivity index (χ0) is 24.0. The zero-order valence-corrected chi connectivity index (χ0v) is 19.1. The maximum absolute atomic E-state index is 12.8. The molecule has 1 aliphatic carbocycles. The molecule has 0 bridgehead atoms. The summed E-state index contributed by atoms with van der Waals surface area (Å²) in [6.07, 6.45) is -0.461. The molecule has 0 heterocycles. The lowest BCUT2D eigenvalue weighted by Crippen LogP contribution is -2.49. The van der Waals surface area contributed by atoms with Crippen LogP contribution >= 0.6 is 0 Å². The number of carbonyl (C=O) groups is 3. The third kappa shape index (κ3) is 5.70. The smallest absolute Gasteiger partial charge is 0.407 e. The Morgan fingerprint density at radius 3 is 2.18 bits per heavy atom. The van der Waals surface area contributed by atoms with Crippen LogP contribution in [-0.2, 0) is 19.1 Å². The summed E-state index contributed by atoms with van der Waals surface area (Å²) < 4.78 is 10.6. The predicted molar refractivity (Wildman–Crippen MR) is 123 cm³/mol. The van der Waals surface area contributed by atoms with Crippen molar-refractivity contribution >= 4 is 18.0 Å². The molecule has 176 valence electrons. The summed E-state index contributed by atoms with van der Waals surface area (Å²) in [4.78, 5) is 37.9. The van der Waals surface area contributed by atoms with Gasteiger partial charge in [0.1, 0.15) is 12.6 Å². The number of hydrogen-bond donors (Lipinski definition) is 2. The molecule has 2 N–H and O–H groups in total. The number of hydrogen-bond acceptors (Lipinski definition) is 5. The quantitative estimate of drug-likeness (QED) is 0.572. The van der Waals surface area contributed by atoms with Crippen molar-refractivity contribution in [3.63, 3.8) is 0 Å². The molecule has 2 amide bonds. The zero-order valence-electron chi connectivity index (χ0n) is 19.1. The first-order chi connectivity index (χ1) is 15.8. The summed E-state index contributed by atoms with van der Waals surface area (Å²) in [5.74, 6) is -2.20. The van der Waals surface area contributed by atoms with Crippen molar-refractivity contribution in [3.8, 4) is 11.1 Å². The molecule has 0 aromatic heterocycles. The Morgan fingerprint density at radius 1 is 1.06 bits per heavy atom. The lowest BCUT2D eigenvalue weighted by molar-refractivity contribution is -0.143. The number of benzene rings is 2. The van der Waals surface area contributed by atoms with Gasteiger partial charge in [-0.1, -0.05) is 55.5 Å². The number of alkyl carbamates (subject to hydrolysis) is 1. The number of nitrogens with zero attached hydrogens (tertiary/aromatic N) is 1. The lowest BCUT2D eigenvalue weighted by atomic mass is 9.98. The number of carboxylic acids is 1. The van der Waals surface area contributed by atoms with Gasteiger partial charge in [-0.05, 0) is 22.3 Å². The van der Waals surface area contributed by atoms with Crippen LogP contribution in [0.25, 0.3) is 11.1 Å². The Bertz CT molecular complexity index is 962. The molecular weight excluding hydrogens is 424 g/mol. The summed E-state index contributed by atoms with van der Waals surface area (Å²) in [5, 5.41) is 11.7. The molecule has 8 nitrogen and oxygen atoms in total. The van der Waals surface area contributed by atoms with Crippen molar-refractivity contribution in [2.75, 3.05) is 33.9 Å². The van der Waals surface area contributed by atoms with Gasteiger partial charge in [0.2, 0.25) is 5.91 Å². The molecule has 2 unspecified atom stereocenters. The fraction of sp³-hybridized carbons (Fsp3) is 0.400. The van der Waals surface area contributed by atoms with Gasteiger partial charge in [0, 0.05) is 39.6 Å². The molecule has 1 aliphatic rings. The summed E-state index contributed by atoms with van der Waals surface area (Å²) in [5.41, 5.74) is 4.45. The Kier molecular flexibility index (Phi) is 8.06. The minimum absolute atomic E-state index is 0.0318. The largest absolute Gasteiger partial charge is 0.481 e. The lowest BCUT2D eigenvalue weighted by Gasteiger charge is -2.25. The van der Waals surface area contributed by atoms with Gasteiger partial charge in [-0.25, -0.2) is 4.79 Å². The number of rotatable bonds is 10. The van der Waals surface area contributed by atoms with Crippen molar-refractivity contribution in [3.05, 3.63) is 59.7 Å². The second-order valence-electron chi connectivity index (χ2n) is 8.26. The van der Waals surface area contributed by atoms with E-state index >= 15 is 0 Å². The molecule has 0 saturated heterocycles. The van der Waals surface area contributed by atoms with E-state index in [1.165, 1.54) is 26.0 Å². The van der Waals surface area contributed by atoms with Crippen molar-refractivity contribution in [2.45, 2.75) is 25.3 Å². The van der Waals surface area contributed by atoms with Gasteiger partial charge in [0.05, 0.1) is 5.92 Å². The van der Waals surface area contributed by atoms with Crippen LogP contribution in [0.4, 0.5) is 4.79 Å². The van der Waals surface area contributed by atoms with E-state index in [1.807, 2.05) is 36.4 Å². The number of nitrogens with one attached hydrogen (secondary N) is 1. The molecule has 0 saturated carbocycles. The van der Waals surface area contributed by atoms with Gasteiger partial charge in [-0.2, -0.15) is 0 Å². The number of aliphatic carboxylic acids is 1. The van der Waals surface area contributed by atoms with Gasteiger partial charge >= 0.3 is 12.1 Å². The molecule has 33 heavy (non-hydrogen) atoms. The fourth-order valence-corrected chi connectivity index (χ4v) is 4.12. The second-order valence-corrected chi connectivity index (χ2v) is 8.26. The molecular formula is C25H30N2O6. The number of methoxy groups -OCH3 is 1. The highest BCUT2D eigenvalue weighted by Crippen LogP contribution is 2.44. The van der Waals surface area contributed by atoms with E-state index in [4.69, 9.17) is 14.6 Å². The van der Waals surface area contributed by atoms with Crippen LogP contribution in [0, 0.1) is 5.92 Å². The van der Waals surface area contributed by atoms with E-state index in [0.29, 0.717) is 0 Å². The normalized spacial score (nSPS) is 14.0. The standard InChI is InChI=1S/C25H30N2O6/c1-16(24(29)30)14-27(2)23(28)22(12-13-32-3)26-25(31)33-15-21-19-10-6-4-8-17(19)18-9-5-7-11-20(18)21/h4-11,16,21-22H,12-15H2,1-3H3,(H,26,31)(H,29,30). The molecule has 0 radical (unpaired) electrons. The minimum Gasteiger partial charge on any atom is -0.481 e. The van der Waals surface area contributed by atoms with E-state index < -0.39 is 29.9 Å². The van der Waals surface area contributed by atoms with Crippen LogP contribution in [0.5, 0.6) is 0 Å². The summed E-state index contributed by atoms with van der Waals surface area (Å²) >= 11 is 0. The highest BCUT2D eigenvalue weighted by atomic mass is 16.5. The van der Waals surface area contributed by atoms with Gasteiger partial charge in [0.25, 0.3) is 0 Å².